The van der Waals surface area contributed by atoms with Crippen LogP contribution in [0.3, 0.4) is 0 Å². The van der Waals surface area contributed by atoms with E-state index in [1.165, 1.54) is 0 Å². The molecule has 1 aromatic carbocycles. The minimum absolute atomic E-state index is 0.791. The highest BCUT2D eigenvalue weighted by atomic mass is 79.9. The van der Waals surface area contributed by atoms with E-state index in [-0.39, 0.29) is 0 Å². The first-order chi connectivity index (χ1) is 6.29. The zero-order valence-electron chi connectivity index (χ0n) is 9.02. The molecule has 2 N–H and O–H groups in total. The summed E-state index contributed by atoms with van der Waals surface area (Å²) in [7, 11) is -1.54. The van der Waals surface area contributed by atoms with Gasteiger partial charge in [0.25, 0.3) is 0 Å². The molecule has 0 fully saturated rings. The van der Waals surface area contributed by atoms with Crippen molar-refractivity contribution >= 4 is 29.9 Å². The first-order valence-corrected chi connectivity index (χ1v) is 8.74. The Hall–Kier alpha value is -0.483. The monoisotopic (exact) mass is 273 g/mol. The number of nitrogen functional groups attached to an aromatic ring is 1. The van der Waals surface area contributed by atoms with Crippen LogP contribution in [0.4, 0.5) is 5.69 Å². The molecule has 0 aromatic heterocycles. The molecule has 0 aliphatic rings. The van der Waals surface area contributed by atoms with Crippen molar-refractivity contribution in [3.05, 3.63) is 22.2 Å². The Bertz CT molecular complexity index is 347. The molecule has 0 aliphatic carbocycles. The molecule has 14 heavy (non-hydrogen) atoms. The number of nitrogens with two attached hydrogens (primary N) is 1. The van der Waals surface area contributed by atoms with Crippen LogP contribution in [0.15, 0.2) is 16.6 Å². The van der Waals surface area contributed by atoms with Crippen LogP contribution in [0, 0.1) is 6.92 Å². The maximum Gasteiger partial charge on any atom is 0.242 e. The van der Waals surface area contributed by atoms with Crippen LogP contribution in [0.5, 0.6) is 5.75 Å². The average Bonchev–Trinajstić information content (AvgIpc) is 1.97. The fourth-order valence-corrected chi connectivity index (χ4v) is 2.50. The lowest BCUT2D eigenvalue weighted by Gasteiger charge is -2.21. The molecule has 0 unspecified atom stereocenters. The number of anilines is 1. The third kappa shape index (κ3) is 3.03. The van der Waals surface area contributed by atoms with E-state index >= 15 is 0 Å². The largest absolute Gasteiger partial charge is 0.544 e. The predicted octanol–water partition coefficient (Wildman–Crippen LogP) is 3.55. The van der Waals surface area contributed by atoms with E-state index in [9.17, 15) is 0 Å². The SMILES string of the molecule is Cc1cc(O[Si](C)(C)C)c(Br)cc1N. The lowest BCUT2D eigenvalue weighted by molar-refractivity contribution is 0.554. The average molecular weight is 274 g/mol. The second-order valence-electron chi connectivity index (χ2n) is 4.35. The van der Waals surface area contributed by atoms with Crippen molar-refractivity contribution < 1.29 is 4.43 Å². The van der Waals surface area contributed by atoms with Crippen LogP contribution >= 0.6 is 15.9 Å². The van der Waals surface area contributed by atoms with Crippen molar-refractivity contribution in [3.8, 4) is 5.75 Å². The van der Waals surface area contributed by atoms with Gasteiger partial charge in [0.15, 0.2) is 0 Å². The number of rotatable bonds is 2. The Labute approximate surface area is 94.7 Å². The number of hydrogen-bond donors (Lipinski definition) is 1. The summed E-state index contributed by atoms with van der Waals surface area (Å²) in [5.41, 5.74) is 7.63. The molecule has 0 saturated heterocycles. The van der Waals surface area contributed by atoms with E-state index in [4.69, 9.17) is 10.2 Å². The van der Waals surface area contributed by atoms with Crippen molar-refractivity contribution in [2.75, 3.05) is 5.73 Å². The van der Waals surface area contributed by atoms with Gasteiger partial charge in [-0.2, -0.15) is 0 Å². The van der Waals surface area contributed by atoms with Gasteiger partial charge in [-0.15, -0.1) is 0 Å². The van der Waals surface area contributed by atoms with E-state index < -0.39 is 8.32 Å². The molecule has 0 heterocycles. The molecule has 0 amide bonds. The first-order valence-electron chi connectivity index (χ1n) is 4.54. The summed E-state index contributed by atoms with van der Waals surface area (Å²) in [5.74, 6) is 0.899. The van der Waals surface area contributed by atoms with Gasteiger partial charge in [0.05, 0.1) is 4.47 Å². The predicted molar refractivity (Wildman–Crippen MR) is 67.3 cm³/mol. The van der Waals surface area contributed by atoms with E-state index in [0.29, 0.717) is 0 Å². The number of hydrogen-bond acceptors (Lipinski definition) is 2. The summed E-state index contributed by atoms with van der Waals surface area (Å²) in [5, 5.41) is 0. The van der Waals surface area contributed by atoms with E-state index in [2.05, 4.69) is 35.6 Å². The molecule has 0 aliphatic heterocycles. The van der Waals surface area contributed by atoms with Gasteiger partial charge in [0.1, 0.15) is 5.75 Å². The molecular formula is C10H16BrNOSi. The maximum atomic E-state index is 5.90. The van der Waals surface area contributed by atoms with Gasteiger partial charge >= 0.3 is 0 Å². The molecule has 2 nitrogen and oxygen atoms in total. The summed E-state index contributed by atoms with van der Waals surface area (Å²) in [6.45, 7) is 8.46. The Morgan fingerprint density at radius 1 is 1.29 bits per heavy atom. The zero-order chi connectivity index (χ0) is 10.9. The smallest absolute Gasteiger partial charge is 0.242 e. The molecule has 0 atom stereocenters. The van der Waals surface area contributed by atoms with Gasteiger partial charge in [-0.1, -0.05) is 0 Å². The molecule has 1 rings (SSSR count). The fraction of sp³-hybridized carbons (Fsp3) is 0.400. The van der Waals surface area contributed by atoms with E-state index in [1.54, 1.807) is 0 Å². The van der Waals surface area contributed by atoms with Crippen LogP contribution in [-0.4, -0.2) is 8.32 Å². The van der Waals surface area contributed by atoms with Crippen molar-refractivity contribution in [1.29, 1.82) is 0 Å². The highest BCUT2D eigenvalue weighted by Gasteiger charge is 2.18. The van der Waals surface area contributed by atoms with Gasteiger partial charge in [-0.3, -0.25) is 0 Å². The Morgan fingerprint density at radius 2 is 1.86 bits per heavy atom. The number of halogens is 1. The molecule has 4 heteroatoms. The Morgan fingerprint density at radius 3 is 2.36 bits per heavy atom. The van der Waals surface area contributed by atoms with Gasteiger partial charge in [-0.05, 0) is 60.2 Å². The first kappa shape index (κ1) is 11.6. The number of benzene rings is 1. The molecule has 1 aromatic rings. The van der Waals surface area contributed by atoms with Gasteiger partial charge in [0, 0.05) is 5.69 Å². The summed E-state index contributed by atoms with van der Waals surface area (Å²) in [4.78, 5) is 0. The van der Waals surface area contributed by atoms with Crippen LogP contribution in [-0.2, 0) is 0 Å². The summed E-state index contributed by atoms with van der Waals surface area (Å²) in [6.07, 6.45) is 0. The Kier molecular flexibility index (Phi) is 3.27. The molecular weight excluding hydrogens is 258 g/mol. The minimum Gasteiger partial charge on any atom is -0.544 e. The highest BCUT2D eigenvalue weighted by Crippen LogP contribution is 2.31. The van der Waals surface area contributed by atoms with Crippen molar-refractivity contribution in [2.45, 2.75) is 26.6 Å². The van der Waals surface area contributed by atoms with Gasteiger partial charge in [-0.25, -0.2) is 0 Å². The molecule has 0 radical (unpaired) electrons. The second-order valence-corrected chi connectivity index (χ2v) is 9.64. The minimum atomic E-state index is -1.54. The van der Waals surface area contributed by atoms with Crippen molar-refractivity contribution in [1.82, 2.24) is 0 Å². The summed E-state index contributed by atoms with van der Waals surface area (Å²) in [6, 6.07) is 3.88. The molecule has 0 saturated carbocycles. The second kappa shape index (κ2) is 3.94. The van der Waals surface area contributed by atoms with Crippen LogP contribution in [0.2, 0.25) is 19.6 Å². The zero-order valence-corrected chi connectivity index (χ0v) is 11.6. The highest BCUT2D eigenvalue weighted by molar-refractivity contribution is 9.10. The lowest BCUT2D eigenvalue weighted by Crippen LogP contribution is -2.29. The van der Waals surface area contributed by atoms with Gasteiger partial charge < -0.3 is 10.2 Å². The quantitative estimate of drug-likeness (QED) is 0.661. The summed E-state index contributed by atoms with van der Waals surface area (Å²) >= 11 is 3.45. The van der Waals surface area contributed by atoms with E-state index in [1.807, 2.05) is 19.1 Å². The third-order valence-corrected chi connectivity index (χ3v) is 3.19. The third-order valence-electron chi connectivity index (χ3n) is 1.74. The standard InChI is InChI=1S/C10H16BrNOSi/c1-7-5-10(13-14(2,3)4)8(11)6-9(7)12/h5-6H,12H2,1-4H3. The normalized spacial score (nSPS) is 11.5. The Balaban J connectivity index is 3.04. The van der Waals surface area contributed by atoms with Crippen molar-refractivity contribution in [2.24, 2.45) is 0 Å². The maximum absolute atomic E-state index is 5.90. The summed E-state index contributed by atoms with van der Waals surface area (Å²) < 4.78 is 6.84. The van der Waals surface area contributed by atoms with Crippen LogP contribution in [0.1, 0.15) is 5.56 Å². The molecule has 78 valence electrons. The van der Waals surface area contributed by atoms with Crippen LogP contribution < -0.4 is 10.2 Å². The van der Waals surface area contributed by atoms with Gasteiger partial charge in [0.2, 0.25) is 8.32 Å². The lowest BCUT2D eigenvalue weighted by atomic mass is 10.2. The van der Waals surface area contributed by atoms with Crippen molar-refractivity contribution in [3.63, 3.8) is 0 Å². The number of aryl methyl sites for hydroxylation is 1. The fourth-order valence-electron chi connectivity index (χ4n) is 1.08. The topological polar surface area (TPSA) is 35.2 Å². The molecule has 0 bridgehead atoms. The molecule has 0 spiro atoms. The van der Waals surface area contributed by atoms with E-state index in [0.717, 1.165) is 21.5 Å². The van der Waals surface area contributed by atoms with Crippen LogP contribution in [0.25, 0.3) is 0 Å².